The number of amides is 2. The first kappa shape index (κ1) is 19.5. The molecule has 3 rings (SSSR count). The second-order valence-electron chi connectivity index (χ2n) is 5.59. The van der Waals surface area contributed by atoms with Gasteiger partial charge in [0.2, 0.25) is 5.91 Å². The number of benzene rings is 2. The van der Waals surface area contributed by atoms with Crippen LogP contribution in [0, 0.1) is 0 Å². The first-order valence-corrected chi connectivity index (χ1v) is 10.1. The van der Waals surface area contributed by atoms with Gasteiger partial charge in [-0.1, -0.05) is 78.6 Å². The monoisotopic (exact) mass is 458 g/mol. The van der Waals surface area contributed by atoms with Crippen molar-refractivity contribution in [1.29, 1.82) is 0 Å². The van der Waals surface area contributed by atoms with Gasteiger partial charge in [0.15, 0.2) is 0 Å². The van der Waals surface area contributed by atoms with Crippen LogP contribution in [0.1, 0.15) is 5.56 Å². The van der Waals surface area contributed by atoms with Crippen molar-refractivity contribution in [2.24, 2.45) is 0 Å². The van der Waals surface area contributed by atoms with Gasteiger partial charge in [-0.3, -0.25) is 14.5 Å². The quantitative estimate of drug-likeness (QED) is 0.513. The Hall–Kier alpha value is -2.22. The van der Waals surface area contributed by atoms with Crippen molar-refractivity contribution in [2.45, 2.75) is 0 Å². The number of nitrogens with zero attached hydrogens (tertiary/aromatic N) is 1. The third-order valence-corrected chi connectivity index (χ3v) is 5.75. The van der Waals surface area contributed by atoms with Crippen LogP contribution >= 0.6 is 39.9 Å². The highest BCUT2D eigenvalue weighted by molar-refractivity contribution is 9.10. The maximum absolute atomic E-state index is 12.5. The SMILES string of the molecule is O=C(CN1C(=O)/C(=C/C=C/c2ccccc2)SC1=S)Nc1ccccc1Br. The van der Waals surface area contributed by atoms with Gasteiger partial charge in [0.25, 0.3) is 5.91 Å². The van der Waals surface area contributed by atoms with Crippen LogP contribution in [-0.4, -0.2) is 27.6 Å². The number of allylic oxidation sites excluding steroid dienone is 2. The zero-order chi connectivity index (χ0) is 19.2. The van der Waals surface area contributed by atoms with Crippen LogP contribution in [0.25, 0.3) is 6.08 Å². The molecule has 1 aliphatic heterocycles. The number of thiocarbonyl (C=S) groups is 1. The molecule has 0 aliphatic carbocycles. The van der Waals surface area contributed by atoms with Crippen molar-refractivity contribution in [3.8, 4) is 0 Å². The van der Waals surface area contributed by atoms with E-state index in [9.17, 15) is 9.59 Å². The number of carbonyl (C=O) groups excluding carboxylic acids is 2. The molecule has 2 amide bonds. The molecule has 1 saturated heterocycles. The largest absolute Gasteiger partial charge is 0.324 e. The number of anilines is 1. The van der Waals surface area contributed by atoms with Gasteiger partial charge in [-0.2, -0.15) is 0 Å². The lowest BCUT2D eigenvalue weighted by Gasteiger charge is -2.14. The predicted molar refractivity (Wildman–Crippen MR) is 118 cm³/mol. The van der Waals surface area contributed by atoms with Crippen molar-refractivity contribution < 1.29 is 9.59 Å². The van der Waals surface area contributed by atoms with Crippen LogP contribution in [0.4, 0.5) is 5.69 Å². The van der Waals surface area contributed by atoms with Crippen LogP contribution in [0.2, 0.25) is 0 Å². The maximum atomic E-state index is 12.5. The minimum atomic E-state index is -0.306. The number of hydrogen-bond donors (Lipinski definition) is 1. The molecule has 1 aliphatic rings. The fourth-order valence-corrected chi connectivity index (χ4v) is 3.95. The van der Waals surface area contributed by atoms with E-state index in [2.05, 4.69) is 21.2 Å². The standard InChI is InChI=1S/C20H15BrN2O2S2/c21-15-10-4-5-11-16(15)22-18(24)13-23-19(25)17(27-20(23)26)12-6-9-14-7-2-1-3-8-14/h1-12H,13H2,(H,22,24)/b9-6+,17-12-. The molecule has 4 nitrogen and oxygen atoms in total. The van der Waals surface area contributed by atoms with Gasteiger partial charge in [0.1, 0.15) is 10.9 Å². The van der Waals surface area contributed by atoms with Crippen molar-refractivity contribution >= 4 is 67.8 Å². The molecule has 1 fully saturated rings. The van der Waals surface area contributed by atoms with Gasteiger partial charge < -0.3 is 5.32 Å². The summed E-state index contributed by atoms with van der Waals surface area (Å²) in [6.07, 6.45) is 5.44. The minimum absolute atomic E-state index is 0.119. The van der Waals surface area contributed by atoms with Crippen molar-refractivity contribution in [3.05, 3.63) is 81.7 Å². The van der Waals surface area contributed by atoms with Crippen LogP contribution in [0.15, 0.2) is 76.1 Å². The number of hydrogen-bond acceptors (Lipinski definition) is 4. The lowest BCUT2D eigenvalue weighted by atomic mass is 10.2. The van der Waals surface area contributed by atoms with Crippen LogP contribution in [0.5, 0.6) is 0 Å². The fraction of sp³-hybridized carbons (Fsp3) is 0.0500. The zero-order valence-electron chi connectivity index (χ0n) is 14.1. The van der Waals surface area contributed by atoms with E-state index in [-0.39, 0.29) is 18.4 Å². The number of nitrogens with one attached hydrogen (secondary N) is 1. The Morgan fingerprint density at radius 1 is 1.15 bits per heavy atom. The van der Waals surface area contributed by atoms with E-state index in [4.69, 9.17) is 12.2 Å². The average molecular weight is 459 g/mol. The number of para-hydroxylation sites is 1. The van der Waals surface area contributed by atoms with Crippen LogP contribution in [0.3, 0.4) is 0 Å². The molecule has 1 N–H and O–H groups in total. The summed E-state index contributed by atoms with van der Waals surface area (Å²) in [7, 11) is 0. The van der Waals surface area contributed by atoms with Gasteiger partial charge in [-0.25, -0.2) is 0 Å². The molecule has 0 radical (unpaired) electrons. The predicted octanol–water partition coefficient (Wildman–Crippen LogP) is 4.85. The Labute approximate surface area is 175 Å². The van der Waals surface area contributed by atoms with Crippen LogP contribution < -0.4 is 5.32 Å². The topological polar surface area (TPSA) is 49.4 Å². The highest BCUT2D eigenvalue weighted by atomic mass is 79.9. The van der Waals surface area contributed by atoms with Gasteiger partial charge in [0, 0.05) is 4.47 Å². The number of rotatable bonds is 5. The molecular weight excluding hydrogens is 444 g/mol. The Morgan fingerprint density at radius 2 is 1.85 bits per heavy atom. The first-order chi connectivity index (χ1) is 13.0. The molecule has 0 unspecified atom stereocenters. The number of carbonyl (C=O) groups is 2. The smallest absolute Gasteiger partial charge is 0.266 e. The summed E-state index contributed by atoms with van der Waals surface area (Å²) in [5.41, 5.74) is 1.69. The summed E-state index contributed by atoms with van der Waals surface area (Å²) >= 11 is 9.83. The van der Waals surface area contributed by atoms with Crippen molar-refractivity contribution in [2.75, 3.05) is 11.9 Å². The van der Waals surface area contributed by atoms with Gasteiger partial charge in [-0.05, 0) is 39.7 Å². The third kappa shape index (κ3) is 5.15. The molecule has 2 aromatic rings. The molecule has 1 heterocycles. The molecule has 0 bridgehead atoms. The highest BCUT2D eigenvalue weighted by Crippen LogP contribution is 2.31. The summed E-state index contributed by atoms with van der Waals surface area (Å²) in [5, 5.41) is 2.78. The van der Waals surface area contributed by atoms with Gasteiger partial charge in [0.05, 0.1) is 10.6 Å². The Morgan fingerprint density at radius 3 is 2.59 bits per heavy atom. The van der Waals surface area contributed by atoms with E-state index < -0.39 is 0 Å². The van der Waals surface area contributed by atoms with E-state index in [1.54, 1.807) is 12.1 Å². The number of thioether (sulfide) groups is 1. The Balaban J connectivity index is 1.63. The third-order valence-electron chi connectivity index (χ3n) is 3.66. The van der Waals surface area contributed by atoms with E-state index in [0.29, 0.717) is 14.9 Å². The molecule has 7 heteroatoms. The first-order valence-electron chi connectivity index (χ1n) is 8.06. The molecule has 136 valence electrons. The van der Waals surface area contributed by atoms with Crippen molar-refractivity contribution in [3.63, 3.8) is 0 Å². The van der Waals surface area contributed by atoms with Gasteiger partial charge >= 0.3 is 0 Å². The molecular formula is C20H15BrN2O2S2. The average Bonchev–Trinajstić information content (AvgIpc) is 2.92. The Kier molecular flexibility index (Phi) is 6.60. The maximum Gasteiger partial charge on any atom is 0.266 e. The Bertz CT molecular complexity index is 942. The lowest BCUT2D eigenvalue weighted by Crippen LogP contribution is -2.36. The summed E-state index contributed by atoms with van der Waals surface area (Å²) in [6, 6.07) is 17.1. The summed E-state index contributed by atoms with van der Waals surface area (Å²) in [4.78, 5) is 26.6. The van der Waals surface area contributed by atoms with E-state index in [0.717, 1.165) is 10.0 Å². The normalized spacial score (nSPS) is 15.7. The van der Waals surface area contributed by atoms with E-state index in [1.807, 2.05) is 60.7 Å². The highest BCUT2D eigenvalue weighted by Gasteiger charge is 2.33. The molecule has 2 aromatic carbocycles. The summed E-state index contributed by atoms with van der Waals surface area (Å²) < 4.78 is 1.15. The van der Waals surface area contributed by atoms with Crippen molar-refractivity contribution in [1.82, 2.24) is 4.90 Å². The van der Waals surface area contributed by atoms with E-state index >= 15 is 0 Å². The lowest BCUT2D eigenvalue weighted by molar-refractivity contribution is -0.126. The molecule has 0 spiro atoms. The van der Waals surface area contributed by atoms with Crippen LogP contribution in [-0.2, 0) is 9.59 Å². The molecule has 0 atom stereocenters. The molecule has 27 heavy (non-hydrogen) atoms. The summed E-state index contributed by atoms with van der Waals surface area (Å²) in [6.45, 7) is -0.119. The second-order valence-corrected chi connectivity index (χ2v) is 8.12. The zero-order valence-corrected chi connectivity index (χ0v) is 17.3. The van der Waals surface area contributed by atoms with Gasteiger partial charge in [-0.15, -0.1) is 0 Å². The fourth-order valence-electron chi connectivity index (χ4n) is 2.36. The molecule has 0 aromatic heterocycles. The van der Waals surface area contributed by atoms with E-state index in [1.165, 1.54) is 16.7 Å². The second kappa shape index (κ2) is 9.12. The molecule has 0 saturated carbocycles. The summed E-state index contributed by atoms with van der Waals surface area (Å²) in [5.74, 6) is -0.565. The number of halogens is 1. The minimum Gasteiger partial charge on any atom is -0.324 e.